The predicted molar refractivity (Wildman–Crippen MR) is 51.0 cm³/mol. The fourth-order valence-corrected chi connectivity index (χ4v) is 3.39. The van der Waals surface area contributed by atoms with Crippen molar-refractivity contribution < 1.29 is 0 Å². The standard InChI is InChI=1S/C9H17NS/c1-6-5-10-9(7(2)11-6)8-3-4-8/h6-10H,3-5H2,1-2H3. The first-order chi connectivity index (χ1) is 5.27. The van der Waals surface area contributed by atoms with Crippen LogP contribution in [0.3, 0.4) is 0 Å². The average Bonchev–Trinajstić information content (AvgIpc) is 2.70. The van der Waals surface area contributed by atoms with E-state index in [1.165, 1.54) is 19.4 Å². The quantitative estimate of drug-likeness (QED) is 0.646. The normalized spacial score (nSPS) is 45.8. The van der Waals surface area contributed by atoms with Crippen LogP contribution in [-0.4, -0.2) is 23.1 Å². The minimum Gasteiger partial charge on any atom is -0.312 e. The van der Waals surface area contributed by atoms with Crippen molar-refractivity contribution in [3.63, 3.8) is 0 Å². The molecular weight excluding hydrogens is 154 g/mol. The molecule has 1 N–H and O–H groups in total. The number of rotatable bonds is 1. The van der Waals surface area contributed by atoms with Gasteiger partial charge in [0.15, 0.2) is 0 Å². The Morgan fingerprint density at radius 2 is 2.00 bits per heavy atom. The molecule has 2 heteroatoms. The highest BCUT2D eigenvalue weighted by Gasteiger charge is 2.37. The maximum atomic E-state index is 3.66. The molecule has 1 nitrogen and oxygen atoms in total. The third-order valence-corrected chi connectivity index (χ3v) is 4.08. The van der Waals surface area contributed by atoms with Crippen LogP contribution in [0.25, 0.3) is 0 Å². The number of hydrogen-bond acceptors (Lipinski definition) is 2. The third kappa shape index (κ3) is 1.73. The van der Waals surface area contributed by atoms with Gasteiger partial charge in [-0.25, -0.2) is 0 Å². The zero-order valence-electron chi connectivity index (χ0n) is 7.34. The third-order valence-electron chi connectivity index (χ3n) is 2.72. The van der Waals surface area contributed by atoms with Crippen LogP contribution in [0.15, 0.2) is 0 Å². The highest BCUT2D eigenvalue weighted by Crippen LogP contribution is 2.39. The molecule has 1 saturated carbocycles. The monoisotopic (exact) mass is 171 g/mol. The van der Waals surface area contributed by atoms with Gasteiger partial charge in [0.2, 0.25) is 0 Å². The summed E-state index contributed by atoms with van der Waals surface area (Å²) < 4.78 is 0. The fraction of sp³-hybridized carbons (Fsp3) is 1.00. The van der Waals surface area contributed by atoms with E-state index in [2.05, 4.69) is 30.9 Å². The van der Waals surface area contributed by atoms with E-state index in [1.807, 2.05) is 0 Å². The molecule has 0 radical (unpaired) electrons. The van der Waals surface area contributed by atoms with Gasteiger partial charge >= 0.3 is 0 Å². The first kappa shape index (κ1) is 7.93. The maximum absolute atomic E-state index is 3.66. The molecular formula is C9H17NS. The zero-order chi connectivity index (χ0) is 7.84. The van der Waals surface area contributed by atoms with Crippen molar-refractivity contribution >= 4 is 11.8 Å². The van der Waals surface area contributed by atoms with Crippen molar-refractivity contribution in [1.29, 1.82) is 0 Å². The van der Waals surface area contributed by atoms with Crippen LogP contribution < -0.4 is 5.32 Å². The maximum Gasteiger partial charge on any atom is 0.0212 e. The summed E-state index contributed by atoms with van der Waals surface area (Å²) in [6.45, 7) is 5.91. The lowest BCUT2D eigenvalue weighted by Crippen LogP contribution is -2.46. The van der Waals surface area contributed by atoms with E-state index in [0.717, 1.165) is 22.5 Å². The van der Waals surface area contributed by atoms with Gasteiger partial charge in [0.25, 0.3) is 0 Å². The van der Waals surface area contributed by atoms with Crippen molar-refractivity contribution in [3.8, 4) is 0 Å². The molecule has 11 heavy (non-hydrogen) atoms. The molecule has 1 heterocycles. The average molecular weight is 171 g/mol. The summed E-state index contributed by atoms with van der Waals surface area (Å²) in [5.74, 6) is 1.02. The van der Waals surface area contributed by atoms with Gasteiger partial charge in [0, 0.05) is 23.1 Å². The molecule has 0 spiro atoms. The Kier molecular flexibility index (Phi) is 2.15. The molecule has 0 aromatic heterocycles. The number of thioether (sulfide) groups is 1. The molecule has 3 atom stereocenters. The molecule has 64 valence electrons. The summed E-state index contributed by atoms with van der Waals surface area (Å²) in [6.07, 6.45) is 2.94. The lowest BCUT2D eigenvalue weighted by molar-refractivity contribution is 0.445. The molecule has 2 rings (SSSR count). The van der Waals surface area contributed by atoms with Crippen LogP contribution in [0.1, 0.15) is 26.7 Å². The van der Waals surface area contributed by atoms with Gasteiger partial charge in [-0.1, -0.05) is 13.8 Å². The van der Waals surface area contributed by atoms with Crippen molar-refractivity contribution in [2.24, 2.45) is 5.92 Å². The van der Waals surface area contributed by atoms with Crippen molar-refractivity contribution in [1.82, 2.24) is 5.32 Å². The highest BCUT2D eigenvalue weighted by atomic mass is 32.2. The molecule has 1 aliphatic heterocycles. The molecule has 0 amide bonds. The van der Waals surface area contributed by atoms with Crippen LogP contribution in [0.5, 0.6) is 0 Å². The van der Waals surface area contributed by atoms with Crippen LogP contribution >= 0.6 is 11.8 Å². The summed E-state index contributed by atoms with van der Waals surface area (Å²) >= 11 is 2.16. The Labute approximate surface area is 73.3 Å². The lowest BCUT2D eigenvalue weighted by atomic mass is 10.1. The fourth-order valence-electron chi connectivity index (χ4n) is 1.97. The molecule has 2 fully saturated rings. The van der Waals surface area contributed by atoms with Crippen molar-refractivity contribution in [3.05, 3.63) is 0 Å². The second kappa shape index (κ2) is 2.98. The molecule has 0 bridgehead atoms. The summed E-state index contributed by atoms with van der Waals surface area (Å²) in [5.41, 5.74) is 0. The van der Waals surface area contributed by atoms with Gasteiger partial charge in [-0.2, -0.15) is 11.8 Å². The molecule has 0 aromatic carbocycles. The van der Waals surface area contributed by atoms with E-state index in [9.17, 15) is 0 Å². The van der Waals surface area contributed by atoms with Crippen molar-refractivity contribution in [2.75, 3.05) is 6.54 Å². The molecule has 3 unspecified atom stereocenters. The molecule has 1 saturated heterocycles. The van der Waals surface area contributed by atoms with E-state index >= 15 is 0 Å². The first-order valence-corrected chi connectivity index (χ1v) is 5.60. The SMILES string of the molecule is CC1CNC(C2CC2)C(C)S1. The second-order valence-electron chi connectivity index (χ2n) is 3.92. The van der Waals surface area contributed by atoms with Gasteiger partial charge in [-0.05, 0) is 18.8 Å². The number of hydrogen-bond donors (Lipinski definition) is 1. The van der Waals surface area contributed by atoms with E-state index in [1.54, 1.807) is 0 Å². The van der Waals surface area contributed by atoms with Gasteiger partial charge in [-0.3, -0.25) is 0 Å². The summed E-state index contributed by atoms with van der Waals surface area (Å²) in [7, 11) is 0. The lowest BCUT2D eigenvalue weighted by Gasteiger charge is -2.33. The summed E-state index contributed by atoms with van der Waals surface area (Å²) in [5, 5.41) is 5.32. The Bertz CT molecular complexity index is 144. The minimum absolute atomic E-state index is 0.819. The van der Waals surface area contributed by atoms with Crippen molar-refractivity contribution in [2.45, 2.75) is 43.2 Å². The van der Waals surface area contributed by atoms with E-state index in [4.69, 9.17) is 0 Å². The predicted octanol–water partition coefficient (Wildman–Crippen LogP) is 1.88. The van der Waals surface area contributed by atoms with Crippen LogP contribution in [-0.2, 0) is 0 Å². The van der Waals surface area contributed by atoms with Crippen LogP contribution in [0.4, 0.5) is 0 Å². The van der Waals surface area contributed by atoms with E-state index in [0.29, 0.717) is 0 Å². The molecule has 0 aromatic rings. The summed E-state index contributed by atoms with van der Waals surface area (Å²) in [6, 6.07) is 0.830. The second-order valence-corrected chi connectivity index (χ2v) is 5.74. The highest BCUT2D eigenvalue weighted by molar-refractivity contribution is 8.00. The largest absolute Gasteiger partial charge is 0.312 e. The topological polar surface area (TPSA) is 12.0 Å². The van der Waals surface area contributed by atoms with Gasteiger partial charge < -0.3 is 5.32 Å². The Morgan fingerprint density at radius 1 is 1.27 bits per heavy atom. The smallest absolute Gasteiger partial charge is 0.0212 e. The Hall–Kier alpha value is 0.310. The Balaban J connectivity index is 1.90. The van der Waals surface area contributed by atoms with E-state index in [-0.39, 0.29) is 0 Å². The van der Waals surface area contributed by atoms with E-state index < -0.39 is 0 Å². The van der Waals surface area contributed by atoms with Gasteiger partial charge in [0.1, 0.15) is 0 Å². The first-order valence-electron chi connectivity index (χ1n) is 4.66. The van der Waals surface area contributed by atoms with Crippen LogP contribution in [0.2, 0.25) is 0 Å². The number of nitrogens with one attached hydrogen (secondary N) is 1. The summed E-state index contributed by atoms with van der Waals surface area (Å²) in [4.78, 5) is 0. The van der Waals surface area contributed by atoms with Gasteiger partial charge in [0.05, 0.1) is 0 Å². The van der Waals surface area contributed by atoms with Crippen LogP contribution in [0, 0.1) is 5.92 Å². The molecule has 1 aliphatic carbocycles. The minimum atomic E-state index is 0.819. The Morgan fingerprint density at radius 3 is 2.55 bits per heavy atom. The van der Waals surface area contributed by atoms with Gasteiger partial charge in [-0.15, -0.1) is 0 Å². The zero-order valence-corrected chi connectivity index (χ0v) is 8.16. The molecule has 2 aliphatic rings.